The SMILES string of the molecule is C=C(C)CN1C(=O)N[C@](C)(c2ccc(C)cc2)C1=O. The molecule has 1 aliphatic heterocycles. The molecule has 0 radical (unpaired) electrons. The van der Waals surface area contributed by atoms with Crippen molar-refractivity contribution in [2.75, 3.05) is 6.54 Å². The topological polar surface area (TPSA) is 49.4 Å². The first-order valence-corrected chi connectivity index (χ1v) is 6.20. The van der Waals surface area contributed by atoms with Gasteiger partial charge in [-0.3, -0.25) is 9.69 Å². The summed E-state index contributed by atoms with van der Waals surface area (Å²) in [7, 11) is 0. The number of benzene rings is 1. The third-order valence-electron chi connectivity index (χ3n) is 3.33. The Morgan fingerprint density at radius 3 is 2.42 bits per heavy atom. The number of imide groups is 1. The number of amides is 3. The van der Waals surface area contributed by atoms with Gasteiger partial charge in [0.2, 0.25) is 0 Å². The first-order chi connectivity index (χ1) is 8.84. The van der Waals surface area contributed by atoms with Crippen molar-refractivity contribution in [3.63, 3.8) is 0 Å². The Balaban J connectivity index is 2.35. The van der Waals surface area contributed by atoms with E-state index in [4.69, 9.17) is 0 Å². The summed E-state index contributed by atoms with van der Waals surface area (Å²) in [5, 5.41) is 2.77. The summed E-state index contributed by atoms with van der Waals surface area (Å²) in [6.45, 7) is 9.51. The number of carbonyl (C=O) groups is 2. The summed E-state index contributed by atoms with van der Waals surface area (Å²) in [6.07, 6.45) is 0. The number of carbonyl (C=O) groups excluding carboxylic acids is 2. The van der Waals surface area contributed by atoms with Crippen LogP contribution in [0.25, 0.3) is 0 Å². The Morgan fingerprint density at radius 1 is 1.32 bits per heavy atom. The van der Waals surface area contributed by atoms with E-state index in [1.165, 1.54) is 4.90 Å². The van der Waals surface area contributed by atoms with E-state index >= 15 is 0 Å². The van der Waals surface area contributed by atoms with Crippen LogP contribution in [0, 0.1) is 6.92 Å². The van der Waals surface area contributed by atoms with Crippen LogP contribution < -0.4 is 5.32 Å². The maximum atomic E-state index is 12.5. The number of nitrogens with zero attached hydrogens (tertiary/aromatic N) is 1. The van der Waals surface area contributed by atoms with Gasteiger partial charge in [0, 0.05) is 0 Å². The molecule has 100 valence electrons. The van der Waals surface area contributed by atoms with Crippen LogP contribution in [-0.2, 0) is 10.3 Å². The minimum absolute atomic E-state index is 0.232. The number of urea groups is 1. The molecule has 3 amide bonds. The molecule has 0 unspecified atom stereocenters. The molecule has 19 heavy (non-hydrogen) atoms. The molecule has 4 nitrogen and oxygen atoms in total. The van der Waals surface area contributed by atoms with Gasteiger partial charge >= 0.3 is 6.03 Å². The van der Waals surface area contributed by atoms with Crippen LogP contribution in [-0.4, -0.2) is 23.4 Å². The van der Waals surface area contributed by atoms with Crippen molar-refractivity contribution in [3.05, 3.63) is 47.5 Å². The Labute approximate surface area is 113 Å². The van der Waals surface area contributed by atoms with Gasteiger partial charge < -0.3 is 5.32 Å². The normalized spacial score (nSPS) is 22.6. The second-order valence-corrected chi connectivity index (χ2v) is 5.27. The van der Waals surface area contributed by atoms with Crippen molar-refractivity contribution in [1.29, 1.82) is 0 Å². The predicted molar refractivity (Wildman–Crippen MR) is 73.6 cm³/mol. The van der Waals surface area contributed by atoms with Crippen molar-refractivity contribution < 1.29 is 9.59 Å². The third-order valence-corrected chi connectivity index (χ3v) is 3.33. The largest absolute Gasteiger partial charge is 0.325 e. The molecule has 0 aliphatic carbocycles. The van der Waals surface area contributed by atoms with E-state index in [9.17, 15) is 9.59 Å². The molecule has 1 saturated heterocycles. The molecule has 1 heterocycles. The maximum Gasteiger partial charge on any atom is 0.325 e. The fourth-order valence-electron chi connectivity index (χ4n) is 2.19. The quantitative estimate of drug-likeness (QED) is 0.668. The molecular weight excluding hydrogens is 240 g/mol. The fraction of sp³-hybridized carbons (Fsp3) is 0.333. The van der Waals surface area contributed by atoms with Crippen LogP contribution in [0.3, 0.4) is 0 Å². The van der Waals surface area contributed by atoms with Crippen LogP contribution >= 0.6 is 0 Å². The molecule has 4 heteroatoms. The van der Waals surface area contributed by atoms with Gasteiger partial charge in [-0.05, 0) is 26.3 Å². The zero-order chi connectivity index (χ0) is 14.2. The van der Waals surface area contributed by atoms with Crippen molar-refractivity contribution in [3.8, 4) is 0 Å². The molecule has 0 saturated carbocycles. The summed E-state index contributed by atoms with van der Waals surface area (Å²) in [4.78, 5) is 25.6. The lowest BCUT2D eigenvalue weighted by molar-refractivity contribution is -0.130. The molecule has 0 aromatic heterocycles. The van der Waals surface area contributed by atoms with Gasteiger partial charge in [0.15, 0.2) is 0 Å². The van der Waals surface area contributed by atoms with Gasteiger partial charge in [-0.2, -0.15) is 0 Å². The number of hydrogen-bond donors (Lipinski definition) is 1. The lowest BCUT2D eigenvalue weighted by atomic mass is 9.91. The lowest BCUT2D eigenvalue weighted by Gasteiger charge is -2.22. The predicted octanol–water partition coefficient (Wildman–Crippen LogP) is 2.34. The third kappa shape index (κ3) is 2.26. The van der Waals surface area contributed by atoms with Crippen LogP contribution in [0.1, 0.15) is 25.0 Å². The van der Waals surface area contributed by atoms with E-state index in [-0.39, 0.29) is 18.5 Å². The maximum absolute atomic E-state index is 12.5. The molecule has 1 aliphatic rings. The minimum atomic E-state index is -0.986. The van der Waals surface area contributed by atoms with Crippen LogP contribution in [0.15, 0.2) is 36.4 Å². The van der Waals surface area contributed by atoms with E-state index < -0.39 is 5.54 Å². The standard InChI is InChI=1S/C15H18N2O2/c1-10(2)9-17-13(18)15(4,16-14(17)19)12-7-5-11(3)6-8-12/h5-8H,1,9H2,2-4H3,(H,16,19)/t15-/m1/s1. The van der Waals surface area contributed by atoms with Gasteiger partial charge in [-0.1, -0.05) is 42.0 Å². The Bertz CT molecular complexity index is 548. The molecule has 1 aromatic rings. The van der Waals surface area contributed by atoms with Crippen molar-refractivity contribution in [2.24, 2.45) is 0 Å². The molecule has 1 fully saturated rings. The van der Waals surface area contributed by atoms with Crippen LogP contribution in [0.5, 0.6) is 0 Å². The molecule has 2 rings (SSSR count). The highest BCUT2D eigenvalue weighted by molar-refractivity contribution is 6.07. The fourth-order valence-corrected chi connectivity index (χ4v) is 2.19. The number of rotatable bonds is 3. The Kier molecular flexibility index (Phi) is 3.18. The smallest absolute Gasteiger partial charge is 0.319 e. The van der Waals surface area contributed by atoms with Crippen molar-refractivity contribution >= 4 is 11.9 Å². The number of aryl methyl sites for hydroxylation is 1. The number of hydrogen-bond acceptors (Lipinski definition) is 2. The average molecular weight is 258 g/mol. The number of nitrogens with one attached hydrogen (secondary N) is 1. The summed E-state index contributed by atoms with van der Waals surface area (Å²) >= 11 is 0. The van der Waals surface area contributed by atoms with E-state index in [1.54, 1.807) is 13.8 Å². The minimum Gasteiger partial charge on any atom is -0.319 e. The second-order valence-electron chi connectivity index (χ2n) is 5.27. The Hall–Kier alpha value is -2.10. The first-order valence-electron chi connectivity index (χ1n) is 6.20. The highest BCUT2D eigenvalue weighted by atomic mass is 16.2. The van der Waals surface area contributed by atoms with Gasteiger partial charge in [-0.15, -0.1) is 0 Å². The van der Waals surface area contributed by atoms with Crippen LogP contribution in [0.2, 0.25) is 0 Å². The van der Waals surface area contributed by atoms with Crippen LogP contribution in [0.4, 0.5) is 4.79 Å². The highest BCUT2D eigenvalue weighted by Gasteiger charge is 2.48. The van der Waals surface area contributed by atoms with Crippen molar-refractivity contribution in [2.45, 2.75) is 26.3 Å². The zero-order valence-electron chi connectivity index (χ0n) is 11.5. The second kappa shape index (κ2) is 4.53. The van der Waals surface area contributed by atoms with Gasteiger partial charge in [-0.25, -0.2) is 4.79 Å². The lowest BCUT2D eigenvalue weighted by Crippen LogP contribution is -2.41. The molecule has 0 bridgehead atoms. The summed E-state index contributed by atoms with van der Waals surface area (Å²) in [6, 6.07) is 7.24. The molecule has 1 N–H and O–H groups in total. The van der Waals surface area contributed by atoms with Gasteiger partial charge in [0.25, 0.3) is 5.91 Å². The summed E-state index contributed by atoms with van der Waals surface area (Å²) in [5.74, 6) is -0.232. The molecular formula is C15H18N2O2. The molecule has 0 spiro atoms. The first kappa shape index (κ1) is 13.3. The zero-order valence-corrected chi connectivity index (χ0v) is 11.5. The van der Waals surface area contributed by atoms with Gasteiger partial charge in [0.1, 0.15) is 5.54 Å². The Morgan fingerprint density at radius 2 is 1.89 bits per heavy atom. The summed E-state index contributed by atoms with van der Waals surface area (Å²) in [5.41, 5.74) is 1.69. The van der Waals surface area contributed by atoms with E-state index in [1.807, 2.05) is 31.2 Å². The van der Waals surface area contributed by atoms with E-state index in [0.29, 0.717) is 0 Å². The van der Waals surface area contributed by atoms with E-state index in [2.05, 4.69) is 11.9 Å². The molecule has 1 atom stereocenters. The monoisotopic (exact) mass is 258 g/mol. The van der Waals surface area contributed by atoms with Gasteiger partial charge in [0.05, 0.1) is 6.54 Å². The van der Waals surface area contributed by atoms with Crippen molar-refractivity contribution in [1.82, 2.24) is 10.2 Å². The highest BCUT2D eigenvalue weighted by Crippen LogP contribution is 2.29. The average Bonchev–Trinajstić information content (AvgIpc) is 2.54. The molecule has 1 aromatic carbocycles. The van der Waals surface area contributed by atoms with E-state index in [0.717, 1.165) is 16.7 Å². The summed E-state index contributed by atoms with van der Waals surface area (Å²) < 4.78 is 0.